The van der Waals surface area contributed by atoms with Gasteiger partial charge in [0, 0.05) is 0 Å². The molecule has 0 aromatic carbocycles. The third-order valence-electron chi connectivity index (χ3n) is 0.451. The first-order chi connectivity index (χ1) is 4.18. The van der Waals surface area contributed by atoms with Crippen LogP contribution < -0.4 is 0 Å². The molecule has 7 heteroatoms. The number of hydrogen-bond donors (Lipinski definition) is 1. The van der Waals surface area contributed by atoms with Crippen LogP contribution in [0.2, 0.25) is 0 Å². The zero-order valence-corrected chi connectivity index (χ0v) is 7.41. The Kier molecular flexibility index (Phi) is 1.71. The zero-order valence-electron chi connectivity index (χ0n) is 3.94. The summed E-state index contributed by atoms with van der Waals surface area (Å²) in [5.41, 5.74) is 0. The van der Waals surface area contributed by atoms with Crippen LogP contribution in [0.1, 0.15) is 0 Å². The second kappa shape index (κ2) is 2.35. The van der Waals surface area contributed by atoms with Crippen molar-refractivity contribution >= 4 is 35.4 Å². The molecule has 1 heterocycles. The molecule has 1 N–H and O–H groups in total. The van der Waals surface area contributed by atoms with Gasteiger partial charge >= 0.3 is 58.5 Å². The Morgan fingerprint density at radius 1 is 1.67 bits per heavy atom. The average molecular weight is 330 g/mol. The van der Waals surface area contributed by atoms with Crippen molar-refractivity contribution in [3.05, 3.63) is 0 Å². The Labute approximate surface area is 58.8 Å². The molecular weight excluding hydrogens is 329 g/mol. The van der Waals surface area contributed by atoms with Gasteiger partial charge in [-0.1, -0.05) is 0 Å². The molecule has 0 aromatic heterocycles. The molecule has 1 aliphatic rings. The summed E-state index contributed by atoms with van der Waals surface area (Å²) < 4.78 is 12.4. The molecule has 0 spiro atoms. The summed E-state index contributed by atoms with van der Waals surface area (Å²) in [5, 5.41) is 7.89. The van der Waals surface area contributed by atoms with Crippen LogP contribution in [0, 0.1) is 0 Å². The van der Waals surface area contributed by atoms with E-state index in [0.717, 1.165) is 0 Å². The topological polar surface area (TPSA) is 82.1 Å². The summed E-state index contributed by atoms with van der Waals surface area (Å²) in [6.07, 6.45) is -2.30. The third kappa shape index (κ3) is 1.67. The van der Waals surface area contributed by atoms with E-state index >= 15 is 0 Å². The Morgan fingerprint density at radius 3 is 2.56 bits per heavy atom. The van der Waals surface area contributed by atoms with Crippen molar-refractivity contribution in [3.63, 3.8) is 0 Å². The maximum atomic E-state index is 9.82. The van der Waals surface area contributed by atoms with E-state index in [-0.39, 0.29) is 0 Å². The fourth-order valence-electron chi connectivity index (χ4n) is 0.230. The van der Waals surface area contributed by atoms with Crippen LogP contribution in [-0.4, -0.2) is 40.5 Å². The van der Waals surface area contributed by atoms with Gasteiger partial charge in [0.15, 0.2) is 0 Å². The van der Waals surface area contributed by atoms with Crippen LogP contribution in [0.25, 0.3) is 0 Å². The van der Waals surface area contributed by atoms with Gasteiger partial charge in [0.05, 0.1) is 0 Å². The van der Waals surface area contributed by atoms with Gasteiger partial charge in [0.2, 0.25) is 0 Å². The van der Waals surface area contributed by atoms with Gasteiger partial charge in [-0.2, -0.15) is 0 Å². The van der Waals surface area contributed by atoms with Crippen molar-refractivity contribution < 1.29 is 23.1 Å². The Balaban J connectivity index is 2.18. The summed E-state index contributed by atoms with van der Waals surface area (Å²) in [5.74, 6) is 0. The normalized spacial score (nSPS) is 17.1. The maximum absolute atomic E-state index is 9.82. The fraction of sp³-hybridized carbons (Fsp3) is 0. The predicted molar refractivity (Wildman–Crippen MR) is 22.4 cm³/mol. The molecule has 1 fully saturated rings. The number of carbonyl (C=O) groups excluding carboxylic acids is 1. The van der Waals surface area contributed by atoms with E-state index in [2.05, 4.69) is 8.44 Å². The zero-order chi connectivity index (χ0) is 6.85. The van der Waals surface area contributed by atoms with Crippen LogP contribution >= 0.6 is 0 Å². The molecule has 0 saturated carbocycles. The standard InChI is InChI=1S/2CH2O3.Bi/c2*2-1(3)4;/h2*(H2,2,3,4);/q;;+3/p-3. The molecule has 9 heavy (non-hydrogen) atoms. The molecule has 0 amide bonds. The number of hydrogen-bond acceptors (Lipinski definition) is 5. The van der Waals surface area contributed by atoms with E-state index in [9.17, 15) is 9.59 Å². The number of carbonyl (C=O) groups is 2. The van der Waals surface area contributed by atoms with Crippen molar-refractivity contribution in [1.82, 2.24) is 0 Å². The van der Waals surface area contributed by atoms with Crippen LogP contribution in [0.4, 0.5) is 9.59 Å². The van der Waals surface area contributed by atoms with Crippen molar-refractivity contribution in [2.45, 2.75) is 0 Å². The van der Waals surface area contributed by atoms with E-state index in [4.69, 9.17) is 5.11 Å². The van der Waals surface area contributed by atoms with Crippen LogP contribution in [0.3, 0.4) is 0 Å². The minimum atomic E-state index is -3.13. The van der Waals surface area contributed by atoms with Gasteiger partial charge in [-0.15, -0.1) is 0 Å². The molecule has 1 rings (SSSR count). The SMILES string of the molecule is O=C(O)[O][Bi]1[O]C(=O)[O]1. The molecule has 0 aliphatic carbocycles. The molecule has 0 bridgehead atoms. The molecule has 0 atom stereocenters. The first-order valence-corrected chi connectivity index (χ1v) is 6.05. The van der Waals surface area contributed by atoms with Crippen molar-refractivity contribution in [2.24, 2.45) is 0 Å². The molecule has 0 unspecified atom stereocenters. The molecule has 6 nitrogen and oxygen atoms in total. The van der Waals surface area contributed by atoms with E-state index in [1.807, 2.05) is 0 Å². The predicted octanol–water partition coefficient (Wildman–Crippen LogP) is -0.167. The van der Waals surface area contributed by atoms with Gasteiger partial charge < -0.3 is 0 Å². The van der Waals surface area contributed by atoms with Gasteiger partial charge in [-0.05, 0) is 0 Å². The average Bonchev–Trinajstić information content (AvgIpc) is 1.60. The first kappa shape index (κ1) is 6.54. The van der Waals surface area contributed by atoms with Crippen molar-refractivity contribution in [1.29, 1.82) is 0 Å². The first-order valence-electron chi connectivity index (χ1n) is 1.79. The summed E-state index contributed by atoms with van der Waals surface area (Å²) >= 11 is -3.13. The minimum absolute atomic E-state index is 0.839. The summed E-state index contributed by atoms with van der Waals surface area (Å²) in [6.45, 7) is 0. The second-order valence-electron chi connectivity index (χ2n) is 1.01. The van der Waals surface area contributed by atoms with E-state index in [1.54, 1.807) is 0 Å². The number of carboxylic acid groups (broad SMARTS) is 1. The van der Waals surface area contributed by atoms with Gasteiger partial charge in [-0.25, -0.2) is 0 Å². The van der Waals surface area contributed by atoms with Gasteiger partial charge in [-0.3, -0.25) is 0 Å². The molecule has 1 saturated heterocycles. The molecule has 50 valence electrons. The molecule has 1 aliphatic heterocycles. The van der Waals surface area contributed by atoms with Crippen molar-refractivity contribution in [3.8, 4) is 0 Å². The Bertz CT molecular complexity index is 145. The monoisotopic (exact) mass is 330 g/mol. The van der Waals surface area contributed by atoms with E-state index in [0.29, 0.717) is 0 Å². The quantitative estimate of drug-likeness (QED) is 0.673. The van der Waals surface area contributed by atoms with Gasteiger partial charge in [0.25, 0.3) is 0 Å². The molecule has 0 aromatic rings. The van der Waals surface area contributed by atoms with Crippen LogP contribution in [0.5, 0.6) is 0 Å². The number of rotatable bonds is 1. The fourth-order valence-corrected chi connectivity index (χ4v) is 2.01. The Morgan fingerprint density at radius 2 is 2.22 bits per heavy atom. The van der Waals surface area contributed by atoms with Crippen LogP contribution in [-0.2, 0) is 8.44 Å². The summed E-state index contributed by atoms with van der Waals surface area (Å²) in [6, 6.07) is 0. The third-order valence-corrected chi connectivity index (χ3v) is 3.96. The summed E-state index contributed by atoms with van der Waals surface area (Å²) in [4.78, 5) is 19.5. The summed E-state index contributed by atoms with van der Waals surface area (Å²) in [7, 11) is 0. The second-order valence-corrected chi connectivity index (χ2v) is 4.88. The molecular formula is C2HBiO6. The van der Waals surface area contributed by atoms with Gasteiger partial charge in [0.1, 0.15) is 0 Å². The van der Waals surface area contributed by atoms with E-state index < -0.39 is 35.4 Å². The molecule has 0 radical (unpaired) electrons. The van der Waals surface area contributed by atoms with Crippen LogP contribution in [0.15, 0.2) is 0 Å². The van der Waals surface area contributed by atoms with E-state index in [1.165, 1.54) is 0 Å². The van der Waals surface area contributed by atoms with Crippen molar-refractivity contribution in [2.75, 3.05) is 0 Å². The Hall–Kier alpha value is -0.577.